The van der Waals surface area contributed by atoms with E-state index in [1.165, 1.54) is 16.7 Å². The number of hydrogen-bond acceptors (Lipinski definition) is 2. The minimum Gasteiger partial charge on any atom is -0.335 e. The van der Waals surface area contributed by atoms with Crippen LogP contribution in [0, 0.1) is 6.92 Å². The predicted octanol–water partition coefficient (Wildman–Crippen LogP) is 4.18. The molecule has 2 nitrogen and oxygen atoms in total. The zero-order valence-corrected chi connectivity index (χ0v) is 13.2. The van der Waals surface area contributed by atoms with Crippen molar-refractivity contribution in [2.45, 2.75) is 45.2 Å². The fourth-order valence-corrected chi connectivity index (χ4v) is 3.23. The summed E-state index contributed by atoms with van der Waals surface area (Å²) in [6.45, 7) is 2.85. The van der Waals surface area contributed by atoms with E-state index in [1.807, 2.05) is 0 Å². The molecule has 1 amide bonds. The van der Waals surface area contributed by atoms with Crippen LogP contribution in [0.15, 0.2) is 41.1 Å². The molecule has 21 heavy (non-hydrogen) atoms. The summed E-state index contributed by atoms with van der Waals surface area (Å²) in [4.78, 5) is 14.6. The van der Waals surface area contributed by atoms with Gasteiger partial charge < -0.3 is 4.90 Å². The third kappa shape index (κ3) is 3.94. The maximum atomic E-state index is 12.5. The molecule has 0 radical (unpaired) electrons. The highest BCUT2D eigenvalue weighted by Gasteiger charge is 2.32. The van der Waals surface area contributed by atoms with Gasteiger partial charge in [-0.2, -0.15) is 11.3 Å². The molecule has 1 fully saturated rings. The second-order valence-electron chi connectivity index (χ2n) is 5.87. The number of carbonyl (C=O) groups is 1. The van der Waals surface area contributed by atoms with Crippen LogP contribution < -0.4 is 0 Å². The lowest BCUT2D eigenvalue weighted by molar-refractivity contribution is -0.132. The molecule has 3 heteroatoms. The van der Waals surface area contributed by atoms with Crippen molar-refractivity contribution in [3.8, 4) is 0 Å². The zero-order chi connectivity index (χ0) is 14.7. The van der Waals surface area contributed by atoms with Gasteiger partial charge in [0.1, 0.15) is 0 Å². The first-order chi connectivity index (χ1) is 10.2. The first kappa shape index (κ1) is 14.3. The summed E-state index contributed by atoms with van der Waals surface area (Å²) in [5.41, 5.74) is 3.77. The van der Waals surface area contributed by atoms with Gasteiger partial charge in [-0.3, -0.25) is 4.79 Å². The van der Waals surface area contributed by atoms with Crippen molar-refractivity contribution in [1.82, 2.24) is 4.90 Å². The van der Waals surface area contributed by atoms with Gasteiger partial charge in [0.25, 0.3) is 0 Å². The van der Waals surface area contributed by atoms with Crippen LogP contribution in [-0.2, 0) is 17.8 Å². The van der Waals surface area contributed by atoms with Crippen molar-refractivity contribution in [3.05, 3.63) is 57.8 Å². The van der Waals surface area contributed by atoms with Crippen molar-refractivity contribution < 1.29 is 4.79 Å². The molecule has 1 aromatic carbocycles. The Morgan fingerprint density at radius 1 is 1.19 bits per heavy atom. The number of carbonyl (C=O) groups excluding carboxylic acids is 1. The van der Waals surface area contributed by atoms with Crippen molar-refractivity contribution in [2.24, 2.45) is 0 Å². The van der Waals surface area contributed by atoms with Crippen LogP contribution in [-0.4, -0.2) is 16.8 Å². The van der Waals surface area contributed by atoms with Crippen molar-refractivity contribution in [3.63, 3.8) is 0 Å². The molecule has 1 aliphatic carbocycles. The Morgan fingerprint density at radius 3 is 2.57 bits per heavy atom. The molecule has 0 aliphatic heterocycles. The Kier molecular flexibility index (Phi) is 4.39. The largest absolute Gasteiger partial charge is 0.335 e. The third-order valence-corrected chi connectivity index (χ3v) is 4.72. The van der Waals surface area contributed by atoms with Crippen LogP contribution in [0.25, 0.3) is 0 Å². The van der Waals surface area contributed by atoms with E-state index >= 15 is 0 Å². The van der Waals surface area contributed by atoms with E-state index in [4.69, 9.17) is 0 Å². The van der Waals surface area contributed by atoms with Crippen molar-refractivity contribution in [2.75, 3.05) is 0 Å². The lowest BCUT2D eigenvalue weighted by Crippen LogP contribution is -2.32. The number of amides is 1. The summed E-state index contributed by atoms with van der Waals surface area (Å²) >= 11 is 1.70. The van der Waals surface area contributed by atoms with Gasteiger partial charge in [-0.05, 0) is 54.1 Å². The topological polar surface area (TPSA) is 20.3 Å². The monoisotopic (exact) mass is 299 g/mol. The van der Waals surface area contributed by atoms with Crippen LogP contribution in [0.4, 0.5) is 0 Å². The normalized spacial score (nSPS) is 14.1. The summed E-state index contributed by atoms with van der Waals surface area (Å²) in [6.07, 6.45) is 3.81. The van der Waals surface area contributed by atoms with Gasteiger partial charge in [0.05, 0.1) is 0 Å². The lowest BCUT2D eigenvalue weighted by atomic mass is 10.1. The SMILES string of the molecule is Cc1ccc(CN(C(=O)CCc2ccsc2)C2CC2)cc1. The van der Waals surface area contributed by atoms with Crippen LogP contribution >= 0.6 is 11.3 Å². The molecule has 0 saturated heterocycles. The molecule has 0 N–H and O–H groups in total. The molecule has 3 rings (SSSR count). The second kappa shape index (κ2) is 6.44. The number of benzene rings is 1. The first-order valence-corrected chi connectivity index (χ1v) is 8.53. The number of hydrogen-bond donors (Lipinski definition) is 0. The molecule has 1 saturated carbocycles. The Labute approximate surface area is 130 Å². The maximum Gasteiger partial charge on any atom is 0.223 e. The summed E-state index contributed by atoms with van der Waals surface area (Å²) in [7, 11) is 0. The number of thiophene rings is 1. The average molecular weight is 299 g/mol. The summed E-state index contributed by atoms with van der Waals surface area (Å²) in [6, 6.07) is 11.1. The number of aryl methyl sites for hydroxylation is 2. The fourth-order valence-electron chi connectivity index (χ4n) is 2.53. The summed E-state index contributed by atoms with van der Waals surface area (Å²) < 4.78 is 0. The van der Waals surface area contributed by atoms with E-state index in [2.05, 4.69) is 52.9 Å². The Balaban J connectivity index is 1.61. The highest BCUT2D eigenvalue weighted by Crippen LogP contribution is 2.29. The van der Waals surface area contributed by atoms with E-state index in [9.17, 15) is 4.79 Å². The highest BCUT2D eigenvalue weighted by atomic mass is 32.1. The molecule has 1 heterocycles. The van der Waals surface area contributed by atoms with Gasteiger partial charge in [0.2, 0.25) is 5.91 Å². The minimum atomic E-state index is 0.296. The molecule has 0 unspecified atom stereocenters. The predicted molar refractivity (Wildman–Crippen MR) is 87.4 cm³/mol. The van der Waals surface area contributed by atoms with Gasteiger partial charge in [-0.15, -0.1) is 0 Å². The van der Waals surface area contributed by atoms with E-state index in [-0.39, 0.29) is 0 Å². The van der Waals surface area contributed by atoms with Crippen LogP contribution in [0.5, 0.6) is 0 Å². The first-order valence-electron chi connectivity index (χ1n) is 7.58. The molecule has 1 aliphatic rings. The van der Waals surface area contributed by atoms with Gasteiger partial charge >= 0.3 is 0 Å². The van der Waals surface area contributed by atoms with Crippen molar-refractivity contribution >= 4 is 17.2 Å². The summed E-state index contributed by atoms with van der Waals surface area (Å²) in [5.74, 6) is 0.296. The molecule has 1 aromatic heterocycles. The van der Waals surface area contributed by atoms with E-state index in [0.717, 1.165) is 25.8 Å². The van der Waals surface area contributed by atoms with E-state index in [1.54, 1.807) is 11.3 Å². The molecule has 2 aromatic rings. The van der Waals surface area contributed by atoms with Crippen LogP contribution in [0.1, 0.15) is 36.0 Å². The van der Waals surface area contributed by atoms with Gasteiger partial charge in [-0.25, -0.2) is 0 Å². The molecule has 0 spiro atoms. The number of nitrogens with zero attached hydrogens (tertiary/aromatic N) is 1. The van der Waals surface area contributed by atoms with Crippen LogP contribution in [0.2, 0.25) is 0 Å². The Morgan fingerprint density at radius 2 is 1.95 bits per heavy atom. The third-order valence-electron chi connectivity index (χ3n) is 3.99. The van der Waals surface area contributed by atoms with Gasteiger partial charge in [0.15, 0.2) is 0 Å². The lowest BCUT2D eigenvalue weighted by Gasteiger charge is -2.22. The molecule has 110 valence electrons. The fraction of sp³-hybridized carbons (Fsp3) is 0.389. The van der Waals surface area contributed by atoms with Gasteiger partial charge in [-0.1, -0.05) is 29.8 Å². The molecule has 0 atom stereocenters. The molecular formula is C18H21NOS. The van der Waals surface area contributed by atoms with Crippen LogP contribution in [0.3, 0.4) is 0 Å². The highest BCUT2D eigenvalue weighted by molar-refractivity contribution is 7.07. The van der Waals surface area contributed by atoms with Gasteiger partial charge in [0, 0.05) is 19.0 Å². The maximum absolute atomic E-state index is 12.5. The standard InChI is InChI=1S/C18H21NOS/c1-14-2-4-15(5-3-14)12-19(17-7-8-17)18(20)9-6-16-10-11-21-13-16/h2-5,10-11,13,17H,6-9,12H2,1H3. The number of rotatable bonds is 6. The second-order valence-corrected chi connectivity index (χ2v) is 6.65. The Hall–Kier alpha value is -1.61. The molecule has 0 bridgehead atoms. The quantitative estimate of drug-likeness (QED) is 0.783. The van der Waals surface area contributed by atoms with Crippen molar-refractivity contribution in [1.29, 1.82) is 0 Å². The average Bonchev–Trinajstić information content (AvgIpc) is 3.19. The molecular weight excluding hydrogens is 278 g/mol. The minimum absolute atomic E-state index is 0.296. The summed E-state index contributed by atoms with van der Waals surface area (Å²) in [5, 5.41) is 4.21. The Bertz CT molecular complexity index is 584. The van der Waals surface area contributed by atoms with E-state index in [0.29, 0.717) is 18.4 Å². The zero-order valence-electron chi connectivity index (χ0n) is 12.4. The van der Waals surface area contributed by atoms with E-state index < -0.39 is 0 Å². The smallest absolute Gasteiger partial charge is 0.223 e.